The zero-order valence-corrected chi connectivity index (χ0v) is 9.54. The van der Waals surface area contributed by atoms with E-state index in [0.29, 0.717) is 11.5 Å². The predicted molar refractivity (Wildman–Crippen MR) is 55.5 cm³/mol. The molecule has 0 aliphatic heterocycles. The van der Waals surface area contributed by atoms with Crippen LogP contribution in [0.3, 0.4) is 0 Å². The van der Waals surface area contributed by atoms with Gasteiger partial charge in [-0.25, -0.2) is 13.1 Å². The zero-order valence-electron chi connectivity index (χ0n) is 8.73. The molecule has 1 aromatic rings. The molecule has 1 heterocycles. The lowest BCUT2D eigenvalue weighted by Crippen LogP contribution is -2.38. The summed E-state index contributed by atoms with van der Waals surface area (Å²) in [4.78, 5) is 0. The number of hydrogen-bond acceptors (Lipinski definition) is 5. The lowest BCUT2D eigenvalue weighted by Gasteiger charge is -2.10. The maximum atomic E-state index is 11.5. The SMILES string of the molecule is Cc1cc(CS(=O)(=O)N[C@H](C)CN)on1. The highest BCUT2D eigenvalue weighted by Crippen LogP contribution is 2.06. The number of nitrogens with two attached hydrogens (primary N) is 1. The average Bonchev–Trinajstić information content (AvgIpc) is 2.49. The minimum atomic E-state index is -3.40. The van der Waals surface area contributed by atoms with E-state index in [1.165, 1.54) is 0 Å². The Morgan fingerprint density at radius 1 is 1.67 bits per heavy atom. The molecule has 6 nitrogen and oxygen atoms in total. The Hall–Kier alpha value is -0.920. The van der Waals surface area contributed by atoms with Gasteiger partial charge in [0.15, 0.2) is 5.76 Å². The quantitative estimate of drug-likeness (QED) is 0.730. The van der Waals surface area contributed by atoms with E-state index in [2.05, 4.69) is 9.88 Å². The van der Waals surface area contributed by atoms with Gasteiger partial charge in [-0.3, -0.25) is 0 Å². The molecule has 0 saturated carbocycles. The number of rotatable bonds is 5. The van der Waals surface area contributed by atoms with Crippen molar-refractivity contribution < 1.29 is 12.9 Å². The third-order valence-electron chi connectivity index (χ3n) is 1.74. The van der Waals surface area contributed by atoms with Crippen molar-refractivity contribution in [2.24, 2.45) is 5.73 Å². The van der Waals surface area contributed by atoms with E-state index in [-0.39, 0.29) is 18.3 Å². The molecule has 0 saturated heterocycles. The van der Waals surface area contributed by atoms with Crippen LogP contribution in [0, 0.1) is 6.92 Å². The normalized spacial score (nSPS) is 14.1. The number of nitrogens with zero attached hydrogens (tertiary/aromatic N) is 1. The Bertz CT molecular complexity index is 413. The van der Waals surface area contributed by atoms with Crippen molar-refractivity contribution in [3.63, 3.8) is 0 Å². The second-order valence-electron chi connectivity index (χ2n) is 3.45. The van der Waals surface area contributed by atoms with E-state index in [0.717, 1.165) is 0 Å². The lowest BCUT2D eigenvalue weighted by molar-refractivity contribution is 0.388. The van der Waals surface area contributed by atoms with Crippen molar-refractivity contribution in [3.05, 3.63) is 17.5 Å². The molecule has 0 spiro atoms. The fourth-order valence-corrected chi connectivity index (χ4v) is 2.37. The second kappa shape index (κ2) is 4.73. The molecular formula is C8H15N3O3S. The molecule has 0 fully saturated rings. The van der Waals surface area contributed by atoms with E-state index < -0.39 is 10.0 Å². The summed E-state index contributed by atoms with van der Waals surface area (Å²) in [6.45, 7) is 3.69. The van der Waals surface area contributed by atoms with E-state index in [1.54, 1.807) is 19.9 Å². The molecule has 0 aliphatic carbocycles. The summed E-state index contributed by atoms with van der Waals surface area (Å²) < 4.78 is 30.3. The third kappa shape index (κ3) is 3.98. The van der Waals surface area contributed by atoms with Gasteiger partial charge in [0.1, 0.15) is 5.75 Å². The fourth-order valence-electron chi connectivity index (χ4n) is 1.07. The first-order valence-electron chi connectivity index (χ1n) is 4.55. The van der Waals surface area contributed by atoms with Gasteiger partial charge in [0.25, 0.3) is 0 Å². The van der Waals surface area contributed by atoms with E-state index in [1.807, 2.05) is 0 Å². The van der Waals surface area contributed by atoms with Crippen LogP contribution >= 0.6 is 0 Å². The Morgan fingerprint density at radius 2 is 2.33 bits per heavy atom. The van der Waals surface area contributed by atoms with Crippen LogP contribution < -0.4 is 10.5 Å². The van der Waals surface area contributed by atoms with Crippen molar-refractivity contribution in [2.45, 2.75) is 25.6 Å². The molecule has 0 unspecified atom stereocenters. The van der Waals surface area contributed by atoms with Gasteiger partial charge >= 0.3 is 0 Å². The molecule has 1 rings (SSSR count). The Morgan fingerprint density at radius 3 is 2.80 bits per heavy atom. The number of aryl methyl sites for hydroxylation is 1. The Balaban J connectivity index is 2.64. The molecular weight excluding hydrogens is 218 g/mol. The number of nitrogens with one attached hydrogen (secondary N) is 1. The van der Waals surface area contributed by atoms with E-state index in [4.69, 9.17) is 10.3 Å². The van der Waals surface area contributed by atoms with Gasteiger partial charge in [0.2, 0.25) is 10.0 Å². The van der Waals surface area contributed by atoms with Crippen molar-refractivity contribution in [1.29, 1.82) is 0 Å². The second-order valence-corrected chi connectivity index (χ2v) is 5.20. The van der Waals surface area contributed by atoms with Gasteiger partial charge in [-0.05, 0) is 13.8 Å². The van der Waals surface area contributed by atoms with Gasteiger partial charge in [0, 0.05) is 18.7 Å². The molecule has 0 radical (unpaired) electrons. The first-order valence-corrected chi connectivity index (χ1v) is 6.20. The molecule has 0 bridgehead atoms. The number of aromatic nitrogens is 1. The van der Waals surface area contributed by atoms with Gasteiger partial charge in [-0.1, -0.05) is 5.16 Å². The van der Waals surface area contributed by atoms with Gasteiger partial charge in [0.05, 0.1) is 5.69 Å². The molecule has 0 aliphatic rings. The summed E-state index contributed by atoms with van der Waals surface area (Å²) in [6.07, 6.45) is 0. The fraction of sp³-hybridized carbons (Fsp3) is 0.625. The van der Waals surface area contributed by atoms with Crippen LogP contribution in [0.1, 0.15) is 18.4 Å². The van der Waals surface area contributed by atoms with Crippen molar-refractivity contribution >= 4 is 10.0 Å². The molecule has 1 aromatic heterocycles. The highest BCUT2D eigenvalue weighted by Gasteiger charge is 2.16. The molecule has 15 heavy (non-hydrogen) atoms. The number of hydrogen-bond donors (Lipinski definition) is 2. The van der Waals surface area contributed by atoms with Crippen LogP contribution in [0.2, 0.25) is 0 Å². The third-order valence-corrected chi connectivity index (χ3v) is 3.17. The molecule has 0 aromatic carbocycles. The summed E-state index contributed by atoms with van der Waals surface area (Å²) >= 11 is 0. The maximum Gasteiger partial charge on any atom is 0.219 e. The lowest BCUT2D eigenvalue weighted by atomic mass is 10.4. The molecule has 0 amide bonds. The summed E-state index contributed by atoms with van der Waals surface area (Å²) in [5.41, 5.74) is 5.97. The first kappa shape index (κ1) is 12.2. The summed E-state index contributed by atoms with van der Waals surface area (Å²) in [5, 5.41) is 3.61. The minimum Gasteiger partial charge on any atom is -0.360 e. The van der Waals surface area contributed by atoms with E-state index >= 15 is 0 Å². The molecule has 3 N–H and O–H groups in total. The summed E-state index contributed by atoms with van der Waals surface area (Å²) in [7, 11) is -3.40. The van der Waals surface area contributed by atoms with Crippen LogP contribution in [0.15, 0.2) is 10.6 Å². The van der Waals surface area contributed by atoms with Gasteiger partial charge in [-0.15, -0.1) is 0 Å². The molecule has 86 valence electrons. The van der Waals surface area contributed by atoms with Gasteiger partial charge < -0.3 is 10.3 Å². The maximum absolute atomic E-state index is 11.5. The van der Waals surface area contributed by atoms with Crippen LogP contribution in [0.5, 0.6) is 0 Å². The standard InChI is InChI=1S/C8H15N3O3S/c1-6-3-8(14-10-6)5-15(12,13)11-7(2)4-9/h3,7,11H,4-5,9H2,1-2H3/t7-/m1/s1. The van der Waals surface area contributed by atoms with Crippen molar-refractivity contribution in [3.8, 4) is 0 Å². The first-order chi connectivity index (χ1) is 6.93. The van der Waals surface area contributed by atoms with Crippen LogP contribution in [0.25, 0.3) is 0 Å². The zero-order chi connectivity index (χ0) is 11.5. The highest BCUT2D eigenvalue weighted by atomic mass is 32.2. The molecule has 1 atom stereocenters. The predicted octanol–water partition coefficient (Wildman–Crippen LogP) is -0.250. The summed E-state index contributed by atoms with van der Waals surface area (Å²) in [5.74, 6) is 0.113. The Kier molecular flexibility index (Phi) is 3.83. The summed E-state index contributed by atoms with van der Waals surface area (Å²) in [6, 6.07) is 1.31. The minimum absolute atomic E-state index is 0.210. The Labute approximate surface area is 88.9 Å². The smallest absolute Gasteiger partial charge is 0.219 e. The largest absolute Gasteiger partial charge is 0.360 e. The van der Waals surface area contributed by atoms with Crippen LogP contribution in [-0.2, 0) is 15.8 Å². The van der Waals surface area contributed by atoms with Crippen molar-refractivity contribution in [1.82, 2.24) is 9.88 Å². The number of sulfonamides is 1. The van der Waals surface area contributed by atoms with E-state index in [9.17, 15) is 8.42 Å². The van der Waals surface area contributed by atoms with Crippen molar-refractivity contribution in [2.75, 3.05) is 6.54 Å². The van der Waals surface area contributed by atoms with Crippen LogP contribution in [-0.4, -0.2) is 26.2 Å². The average molecular weight is 233 g/mol. The van der Waals surface area contributed by atoms with Gasteiger partial charge in [-0.2, -0.15) is 0 Å². The van der Waals surface area contributed by atoms with Crippen LogP contribution in [0.4, 0.5) is 0 Å². The highest BCUT2D eigenvalue weighted by molar-refractivity contribution is 7.88. The monoisotopic (exact) mass is 233 g/mol. The topological polar surface area (TPSA) is 98.2 Å². The molecule has 7 heteroatoms.